The van der Waals surface area contributed by atoms with Gasteiger partial charge < -0.3 is 9.53 Å². The summed E-state index contributed by atoms with van der Waals surface area (Å²) in [6, 6.07) is 8.08. The Morgan fingerprint density at radius 3 is 2.18 bits per heavy atom. The molecule has 0 unspecified atom stereocenters. The molecule has 1 atom stereocenters. The van der Waals surface area contributed by atoms with Crippen molar-refractivity contribution in [3.05, 3.63) is 29.8 Å². The van der Waals surface area contributed by atoms with Crippen molar-refractivity contribution >= 4 is 6.29 Å². The first kappa shape index (κ1) is 13.8. The van der Waals surface area contributed by atoms with Crippen molar-refractivity contribution in [3.63, 3.8) is 0 Å². The van der Waals surface area contributed by atoms with E-state index in [0.717, 1.165) is 24.9 Å². The Balaban J connectivity index is 2.91. The van der Waals surface area contributed by atoms with Crippen LogP contribution in [0.25, 0.3) is 0 Å². The molecule has 0 aliphatic rings. The molecule has 0 saturated heterocycles. The van der Waals surface area contributed by atoms with Gasteiger partial charge in [0.2, 0.25) is 0 Å². The van der Waals surface area contributed by atoms with Crippen molar-refractivity contribution < 1.29 is 9.53 Å². The number of rotatable bonds is 7. The third-order valence-electron chi connectivity index (χ3n) is 3.51. The monoisotopic (exact) mass is 234 g/mol. The molecule has 0 heterocycles. The van der Waals surface area contributed by atoms with E-state index in [4.69, 9.17) is 4.74 Å². The molecule has 0 bridgehead atoms. The summed E-state index contributed by atoms with van der Waals surface area (Å²) < 4.78 is 5.15. The molecule has 1 aromatic carbocycles. The van der Waals surface area contributed by atoms with Crippen LogP contribution < -0.4 is 4.74 Å². The summed E-state index contributed by atoms with van der Waals surface area (Å²) in [7, 11) is 1.67. The molecule has 2 heteroatoms. The minimum absolute atomic E-state index is 0.341. The molecule has 2 nitrogen and oxygen atoms in total. The molecule has 1 rings (SSSR count). The Morgan fingerprint density at radius 2 is 1.76 bits per heavy atom. The van der Waals surface area contributed by atoms with Crippen LogP contribution in [0.1, 0.15) is 44.6 Å². The predicted molar refractivity (Wildman–Crippen MR) is 70.5 cm³/mol. The number of carbonyl (C=O) groups is 1. The van der Waals surface area contributed by atoms with E-state index >= 15 is 0 Å². The number of carbonyl (C=O) groups excluding carboxylic acids is 1. The van der Waals surface area contributed by atoms with E-state index in [1.165, 1.54) is 5.56 Å². The average Bonchev–Trinajstić information content (AvgIpc) is 2.39. The first-order valence-corrected chi connectivity index (χ1v) is 6.34. The van der Waals surface area contributed by atoms with Crippen molar-refractivity contribution in [3.8, 4) is 5.75 Å². The second-order valence-corrected chi connectivity index (χ2v) is 4.36. The topological polar surface area (TPSA) is 26.3 Å². The Kier molecular flexibility index (Phi) is 5.75. The fraction of sp³-hybridized carbons (Fsp3) is 0.533. The van der Waals surface area contributed by atoms with E-state index in [-0.39, 0.29) is 0 Å². The first-order chi connectivity index (χ1) is 8.26. The van der Waals surface area contributed by atoms with Gasteiger partial charge in [-0.1, -0.05) is 38.8 Å². The maximum Gasteiger partial charge on any atom is 0.120 e. The van der Waals surface area contributed by atoms with Crippen LogP contribution in [0.3, 0.4) is 0 Å². The van der Waals surface area contributed by atoms with Crippen molar-refractivity contribution in [2.75, 3.05) is 7.11 Å². The quantitative estimate of drug-likeness (QED) is 0.671. The third-order valence-corrected chi connectivity index (χ3v) is 3.51. The summed E-state index contributed by atoms with van der Waals surface area (Å²) in [5, 5.41) is 0. The molecule has 94 valence electrons. The van der Waals surface area contributed by atoms with Gasteiger partial charge in [0.1, 0.15) is 12.0 Å². The lowest BCUT2D eigenvalue weighted by molar-refractivity contribution is -0.108. The van der Waals surface area contributed by atoms with E-state index < -0.39 is 0 Å². The molecular formula is C15H22O2. The van der Waals surface area contributed by atoms with E-state index in [0.29, 0.717) is 18.3 Å². The van der Waals surface area contributed by atoms with Gasteiger partial charge in [-0.2, -0.15) is 0 Å². The zero-order chi connectivity index (χ0) is 12.7. The molecule has 17 heavy (non-hydrogen) atoms. The number of methoxy groups -OCH3 is 1. The largest absolute Gasteiger partial charge is 0.497 e. The molecule has 1 aromatic rings. The highest BCUT2D eigenvalue weighted by atomic mass is 16.5. The molecule has 0 amide bonds. The first-order valence-electron chi connectivity index (χ1n) is 6.34. The van der Waals surface area contributed by atoms with E-state index in [1.54, 1.807) is 7.11 Å². The minimum Gasteiger partial charge on any atom is -0.497 e. The van der Waals surface area contributed by atoms with Gasteiger partial charge >= 0.3 is 0 Å². The summed E-state index contributed by atoms with van der Waals surface area (Å²) in [4.78, 5) is 10.8. The van der Waals surface area contributed by atoms with Gasteiger partial charge in [0, 0.05) is 6.42 Å². The predicted octanol–water partition coefficient (Wildman–Crippen LogP) is 3.80. The van der Waals surface area contributed by atoms with Crippen LogP contribution >= 0.6 is 0 Å². The zero-order valence-electron chi connectivity index (χ0n) is 11.0. The fourth-order valence-corrected chi connectivity index (χ4v) is 2.41. The summed E-state index contributed by atoms with van der Waals surface area (Å²) in [6.07, 6.45) is 3.87. The lowest BCUT2D eigenvalue weighted by atomic mass is 9.81. The zero-order valence-corrected chi connectivity index (χ0v) is 11.0. The molecule has 0 aromatic heterocycles. The normalized spacial score (nSPS) is 12.5. The second-order valence-electron chi connectivity index (χ2n) is 4.36. The molecule has 0 N–H and O–H groups in total. The van der Waals surface area contributed by atoms with Crippen molar-refractivity contribution in [1.82, 2.24) is 0 Å². The Morgan fingerprint density at radius 1 is 1.18 bits per heavy atom. The number of aldehydes is 1. The molecule has 0 fully saturated rings. The number of hydrogen-bond acceptors (Lipinski definition) is 2. The number of benzene rings is 1. The third kappa shape index (κ3) is 3.58. The van der Waals surface area contributed by atoms with Crippen molar-refractivity contribution in [2.45, 2.75) is 39.0 Å². The van der Waals surface area contributed by atoms with Crippen molar-refractivity contribution in [1.29, 1.82) is 0 Å². The summed E-state index contributed by atoms with van der Waals surface area (Å²) in [5.74, 6) is 1.78. The van der Waals surface area contributed by atoms with Gasteiger partial charge in [-0.25, -0.2) is 0 Å². The maximum absolute atomic E-state index is 10.8. The van der Waals surface area contributed by atoms with Gasteiger partial charge in [0.15, 0.2) is 0 Å². The van der Waals surface area contributed by atoms with Crippen LogP contribution in [0.5, 0.6) is 5.75 Å². The Hall–Kier alpha value is -1.31. The number of hydrogen-bond donors (Lipinski definition) is 0. The van der Waals surface area contributed by atoms with Gasteiger partial charge in [0.25, 0.3) is 0 Å². The second kappa shape index (κ2) is 7.10. The van der Waals surface area contributed by atoms with Gasteiger partial charge in [-0.15, -0.1) is 0 Å². The van der Waals surface area contributed by atoms with Crippen LogP contribution in [-0.2, 0) is 4.79 Å². The summed E-state index contributed by atoms with van der Waals surface area (Å²) in [6.45, 7) is 4.38. The lowest BCUT2D eigenvalue weighted by Crippen LogP contribution is -2.12. The van der Waals surface area contributed by atoms with Gasteiger partial charge in [-0.3, -0.25) is 0 Å². The molecule has 0 aliphatic carbocycles. The smallest absolute Gasteiger partial charge is 0.120 e. The average molecular weight is 234 g/mol. The van der Waals surface area contributed by atoms with Crippen molar-refractivity contribution in [2.24, 2.45) is 5.92 Å². The molecule has 0 spiro atoms. The van der Waals surface area contributed by atoms with Crippen LogP contribution in [0.15, 0.2) is 24.3 Å². The Bertz CT molecular complexity index is 325. The molecule has 0 radical (unpaired) electrons. The molecule has 0 saturated carbocycles. The van der Waals surface area contributed by atoms with E-state index in [1.807, 2.05) is 12.1 Å². The van der Waals surface area contributed by atoms with Crippen LogP contribution in [0, 0.1) is 5.92 Å². The van der Waals surface area contributed by atoms with E-state index in [9.17, 15) is 4.79 Å². The molecular weight excluding hydrogens is 212 g/mol. The fourth-order valence-electron chi connectivity index (χ4n) is 2.41. The van der Waals surface area contributed by atoms with Gasteiger partial charge in [-0.05, 0) is 29.5 Å². The van der Waals surface area contributed by atoms with Crippen LogP contribution in [0.2, 0.25) is 0 Å². The minimum atomic E-state index is 0.341. The maximum atomic E-state index is 10.8. The lowest BCUT2D eigenvalue weighted by Gasteiger charge is -2.24. The highest BCUT2D eigenvalue weighted by Crippen LogP contribution is 2.32. The van der Waals surface area contributed by atoms with Crippen LogP contribution in [0.4, 0.5) is 0 Å². The number of ether oxygens (including phenoxy) is 1. The molecule has 0 aliphatic heterocycles. The van der Waals surface area contributed by atoms with Gasteiger partial charge in [0.05, 0.1) is 7.11 Å². The van der Waals surface area contributed by atoms with Crippen LogP contribution in [-0.4, -0.2) is 13.4 Å². The van der Waals surface area contributed by atoms with E-state index in [2.05, 4.69) is 26.0 Å². The highest BCUT2D eigenvalue weighted by Gasteiger charge is 2.19. The Labute approximate surface area is 104 Å². The SMILES string of the molecule is CCC(CC)[C@@H](CC=O)c1ccc(OC)cc1. The summed E-state index contributed by atoms with van der Waals surface area (Å²) in [5.41, 5.74) is 1.24. The standard InChI is InChI=1S/C15H22O2/c1-4-12(5-2)15(10-11-16)13-6-8-14(17-3)9-7-13/h6-9,11-12,15H,4-5,10H2,1-3H3/t15-/m1/s1. The highest BCUT2D eigenvalue weighted by molar-refractivity contribution is 5.52. The summed E-state index contributed by atoms with van der Waals surface area (Å²) >= 11 is 0.